The number of hydrogen-bond acceptors (Lipinski definition) is 6. The largest absolute Gasteiger partial charge is 0.208 e. The summed E-state index contributed by atoms with van der Waals surface area (Å²) in [6.45, 7) is 0. The average Bonchev–Trinajstić information content (AvgIpc) is 3.27. The normalized spacial score (nSPS) is 18.9. The predicted molar refractivity (Wildman–Crippen MR) is 217 cm³/mol. The minimum Gasteiger partial charge on any atom is -0.208 e. The number of rotatable bonds is 8. The third-order valence-electron chi connectivity index (χ3n) is 11.5. The number of nitrogens with zero attached hydrogens (tertiary/aromatic N) is 6. The molecule has 0 amide bonds. The van der Waals surface area contributed by atoms with E-state index in [1.807, 2.05) is 91.0 Å². The van der Waals surface area contributed by atoms with Crippen molar-refractivity contribution in [1.29, 1.82) is 0 Å². The highest BCUT2D eigenvalue weighted by Crippen LogP contribution is 2.71. The number of aromatic nitrogens is 6. The van der Waals surface area contributed by atoms with Crippen LogP contribution in [0.25, 0.3) is 79.5 Å². The molecule has 8 aromatic rings. The summed E-state index contributed by atoms with van der Waals surface area (Å²) >= 11 is 0. The highest BCUT2D eigenvalue weighted by atomic mass is 15.0. The number of allylic oxidation sites excluding steroid dienone is 2. The zero-order valence-corrected chi connectivity index (χ0v) is 29.9. The summed E-state index contributed by atoms with van der Waals surface area (Å²) in [5.74, 6) is 7.08. The molecule has 55 heavy (non-hydrogen) atoms. The van der Waals surface area contributed by atoms with Crippen LogP contribution in [0.15, 0.2) is 175 Å². The van der Waals surface area contributed by atoms with E-state index >= 15 is 0 Å². The van der Waals surface area contributed by atoms with Crippen molar-refractivity contribution in [3.05, 3.63) is 181 Å². The maximum absolute atomic E-state index is 5.07. The van der Waals surface area contributed by atoms with Crippen molar-refractivity contribution >= 4 is 0 Å². The summed E-state index contributed by atoms with van der Waals surface area (Å²) in [6.07, 6.45) is 3.86. The molecule has 0 spiro atoms. The molecule has 0 aliphatic heterocycles. The summed E-state index contributed by atoms with van der Waals surface area (Å²) < 4.78 is 0. The second kappa shape index (κ2) is 12.9. The maximum Gasteiger partial charge on any atom is 0.164 e. The Balaban J connectivity index is 0.926. The molecule has 0 bridgehead atoms. The van der Waals surface area contributed by atoms with Gasteiger partial charge in [0, 0.05) is 39.3 Å². The fourth-order valence-corrected chi connectivity index (χ4v) is 8.63. The molecule has 260 valence electrons. The Kier molecular flexibility index (Phi) is 7.40. The first-order valence-electron chi connectivity index (χ1n) is 18.9. The highest BCUT2D eigenvalue weighted by molar-refractivity contribution is 5.75. The third kappa shape index (κ3) is 5.57. The summed E-state index contributed by atoms with van der Waals surface area (Å²) in [4.78, 5) is 29.7. The number of benzene rings is 6. The quantitative estimate of drug-likeness (QED) is 0.146. The molecule has 4 atom stereocenters. The van der Waals surface area contributed by atoms with Gasteiger partial charge in [-0.15, -0.1) is 0 Å². The van der Waals surface area contributed by atoms with Crippen molar-refractivity contribution in [3.8, 4) is 79.5 Å². The van der Waals surface area contributed by atoms with Crippen molar-refractivity contribution in [2.24, 2.45) is 17.8 Å². The highest BCUT2D eigenvalue weighted by Gasteiger charge is 2.62. The van der Waals surface area contributed by atoms with E-state index < -0.39 is 0 Å². The van der Waals surface area contributed by atoms with Gasteiger partial charge in [0.25, 0.3) is 0 Å². The average molecular weight is 707 g/mol. The first-order valence-corrected chi connectivity index (χ1v) is 18.9. The molecule has 3 aliphatic carbocycles. The van der Waals surface area contributed by atoms with Crippen LogP contribution >= 0.6 is 0 Å². The van der Waals surface area contributed by atoms with Crippen LogP contribution in [0.5, 0.6) is 0 Å². The van der Waals surface area contributed by atoms with Gasteiger partial charge in [0.15, 0.2) is 34.9 Å². The summed E-state index contributed by atoms with van der Waals surface area (Å²) in [7, 11) is 0. The van der Waals surface area contributed by atoms with Crippen molar-refractivity contribution < 1.29 is 0 Å². The maximum atomic E-state index is 5.07. The minimum absolute atomic E-state index is 0.602. The van der Waals surface area contributed by atoms with Crippen molar-refractivity contribution in [2.45, 2.75) is 12.3 Å². The first kappa shape index (κ1) is 31.6. The molecule has 3 aliphatic rings. The topological polar surface area (TPSA) is 77.3 Å². The van der Waals surface area contributed by atoms with Crippen molar-refractivity contribution in [1.82, 2.24) is 29.9 Å². The molecule has 6 heteroatoms. The van der Waals surface area contributed by atoms with Gasteiger partial charge >= 0.3 is 0 Å². The van der Waals surface area contributed by atoms with Crippen molar-refractivity contribution in [3.63, 3.8) is 0 Å². The Hall–Kier alpha value is -6.92. The lowest BCUT2D eigenvalue weighted by molar-refractivity contribution is 0.00576. The van der Waals surface area contributed by atoms with E-state index in [1.165, 1.54) is 12.0 Å². The second-order valence-corrected chi connectivity index (χ2v) is 14.7. The van der Waals surface area contributed by atoms with Crippen LogP contribution in [0.1, 0.15) is 17.9 Å². The van der Waals surface area contributed by atoms with Gasteiger partial charge in [-0.1, -0.05) is 169 Å². The Morgan fingerprint density at radius 1 is 0.345 bits per heavy atom. The second-order valence-electron chi connectivity index (χ2n) is 14.7. The Morgan fingerprint density at radius 3 is 1.15 bits per heavy atom. The molecule has 2 aromatic heterocycles. The molecule has 4 unspecified atom stereocenters. The Labute approximate surface area is 319 Å². The number of hydrogen-bond donors (Lipinski definition) is 0. The Bertz CT molecular complexity index is 2670. The van der Waals surface area contributed by atoms with Crippen LogP contribution in [0.4, 0.5) is 0 Å². The van der Waals surface area contributed by atoms with Gasteiger partial charge in [0.05, 0.1) is 0 Å². The lowest BCUT2D eigenvalue weighted by atomic mass is 9.37. The fourth-order valence-electron chi connectivity index (χ4n) is 8.63. The smallest absolute Gasteiger partial charge is 0.164 e. The van der Waals surface area contributed by atoms with Gasteiger partial charge in [-0.05, 0) is 46.9 Å². The minimum atomic E-state index is 0.602. The SMILES string of the molecule is C1=C2C(c3ccc(-c4nc(-c5ccccc5)nc(-c5cccc(-c6ccc(-c7nc(-c8ccccc8)nc(-c8ccccc8)n7)cc6)c5)n4)cc3)C3CC1C23. The zero-order chi connectivity index (χ0) is 36.3. The zero-order valence-electron chi connectivity index (χ0n) is 29.9. The fraction of sp³-hybridized carbons (Fsp3) is 0.102. The lowest BCUT2D eigenvalue weighted by Crippen LogP contribution is -2.57. The van der Waals surface area contributed by atoms with E-state index in [4.69, 9.17) is 29.9 Å². The van der Waals surface area contributed by atoms with E-state index in [-0.39, 0.29) is 0 Å². The monoisotopic (exact) mass is 706 g/mol. The molecule has 2 saturated carbocycles. The Morgan fingerprint density at radius 2 is 0.727 bits per heavy atom. The van der Waals surface area contributed by atoms with Crippen LogP contribution in [0.2, 0.25) is 0 Å². The van der Waals surface area contributed by atoms with Crippen LogP contribution < -0.4 is 0 Å². The summed E-state index contributed by atoms with van der Waals surface area (Å²) in [5, 5.41) is 0. The lowest BCUT2D eigenvalue weighted by Gasteiger charge is -2.66. The molecule has 2 heterocycles. The molecular weight excluding hydrogens is 673 g/mol. The van der Waals surface area contributed by atoms with E-state index in [0.717, 1.165) is 62.3 Å². The molecule has 2 fully saturated rings. The molecular formula is C49H34N6. The molecule has 0 radical (unpaired) electrons. The van der Waals surface area contributed by atoms with Crippen LogP contribution in [-0.2, 0) is 0 Å². The molecule has 6 nitrogen and oxygen atoms in total. The van der Waals surface area contributed by atoms with Gasteiger partial charge in [-0.25, -0.2) is 29.9 Å². The van der Waals surface area contributed by atoms with Gasteiger partial charge < -0.3 is 0 Å². The van der Waals surface area contributed by atoms with Crippen LogP contribution in [-0.4, -0.2) is 29.9 Å². The van der Waals surface area contributed by atoms with Gasteiger partial charge in [0.1, 0.15) is 0 Å². The van der Waals surface area contributed by atoms with Crippen LogP contribution in [0.3, 0.4) is 0 Å². The molecule has 0 N–H and O–H groups in total. The van der Waals surface area contributed by atoms with Crippen molar-refractivity contribution in [2.75, 3.05) is 0 Å². The molecule has 0 saturated heterocycles. The first-order chi connectivity index (χ1) is 27.2. The van der Waals surface area contributed by atoms with Crippen LogP contribution in [0, 0.1) is 17.8 Å². The van der Waals surface area contributed by atoms with E-state index in [0.29, 0.717) is 40.9 Å². The third-order valence-corrected chi connectivity index (χ3v) is 11.5. The van der Waals surface area contributed by atoms with E-state index in [2.05, 4.69) is 78.9 Å². The van der Waals surface area contributed by atoms with Gasteiger partial charge in [0.2, 0.25) is 0 Å². The molecule has 6 aromatic carbocycles. The van der Waals surface area contributed by atoms with E-state index in [1.54, 1.807) is 5.57 Å². The predicted octanol–water partition coefficient (Wildman–Crippen LogP) is 11.0. The molecule has 11 rings (SSSR count). The standard InChI is InChI=1S/C49H34N6/c1-4-11-32(12-5-1)44-50-45(33-13-6-2-7-14-33)52-47(51-44)35-23-19-30(20-24-35)37-17-10-18-38(27-37)49-54-46(34-15-8-3-9-16-34)53-48(55-49)36-25-21-31(22-26-36)42-40-28-39-29-41(42)43(39)40/h1-28,39,41-43H,29H2. The summed E-state index contributed by atoms with van der Waals surface area (Å²) in [5.41, 5.74) is 10.9. The van der Waals surface area contributed by atoms with Gasteiger partial charge in [-0.2, -0.15) is 0 Å². The van der Waals surface area contributed by atoms with Gasteiger partial charge in [-0.3, -0.25) is 0 Å². The summed E-state index contributed by atoms with van der Waals surface area (Å²) in [6, 6.07) is 56.0. The van der Waals surface area contributed by atoms with E-state index in [9.17, 15) is 0 Å².